The maximum absolute atomic E-state index is 13.1. The van der Waals surface area contributed by atoms with E-state index in [4.69, 9.17) is 4.74 Å². The number of methoxy groups -OCH3 is 1. The summed E-state index contributed by atoms with van der Waals surface area (Å²) in [7, 11) is 3.40. The van der Waals surface area contributed by atoms with Crippen LogP contribution < -0.4 is 15.4 Å². The van der Waals surface area contributed by atoms with Crippen molar-refractivity contribution in [2.24, 2.45) is 4.99 Å². The number of aliphatic imine (C=N–C) groups is 1. The first-order chi connectivity index (χ1) is 11.9. The summed E-state index contributed by atoms with van der Waals surface area (Å²) in [6, 6.07) is 14.5. The predicted octanol–water partition coefficient (Wildman–Crippen LogP) is 3.48. The van der Waals surface area contributed by atoms with Gasteiger partial charge in [0.1, 0.15) is 11.6 Å². The molecule has 0 spiro atoms. The summed E-state index contributed by atoms with van der Waals surface area (Å²) in [5.41, 5.74) is 2.03. The Morgan fingerprint density at radius 1 is 1.12 bits per heavy atom. The van der Waals surface area contributed by atoms with Crippen LogP contribution in [0.5, 0.6) is 5.75 Å². The number of nitrogens with zero attached hydrogens (tertiary/aromatic N) is 1. The Labute approximate surface area is 149 Å². The Morgan fingerprint density at radius 3 is 2.48 bits per heavy atom. The molecule has 0 aromatic heterocycles. The van der Waals surface area contributed by atoms with Gasteiger partial charge in [0.05, 0.1) is 7.11 Å². The molecule has 0 heterocycles. The molecule has 0 saturated carbocycles. The maximum atomic E-state index is 13.1. The second kappa shape index (κ2) is 8.51. The molecular formula is C20H26FN3O. The third-order valence-electron chi connectivity index (χ3n) is 4.14. The van der Waals surface area contributed by atoms with Gasteiger partial charge < -0.3 is 15.4 Å². The van der Waals surface area contributed by atoms with Gasteiger partial charge in [-0.05, 0) is 35.4 Å². The van der Waals surface area contributed by atoms with Gasteiger partial charge in [0, 0.05) is 25.6 Å². The lowest BCUT2D eigenvalue weighted by Crippen LogP contribution is -2.43. The van der Waals surface area contributed by atoms with Gasteiger partial charge in [0.15, 0.2) is 5.96 Å². The first kappa shape index (κ1) is 18.8. The van der Waals surface area contributed by atoms with E-state index >= 15 is 0 Å². The summed E-state index contributed by atoms with van der Waals surface area (Å²) in [6.07, 6.45) is 0. The highest BCUT2D eigenvalue weighted by atomic mass is 19.1. The maximum Gasteiger partial charge on any atom is 0.191 e. The van der Waals surface area contributed by atoms with E-state index in [9.17, 15) is 4.39 Å². The molecule has 2 aromatic carbocycles. The molecule has 0 bridgehead atoms. The van der Waals surface area contributed by atoms with Gasteiger partial charge in [-0.3, -0.25) is 4.99 Å². The van der Waals surface area contributed by atoms with E-state index in [1.165, 1.54) is 12.1 Å². The third kappa shape index (κ3) is 5.48. The molecule has 5 heteroatoms. The molecule has 0 saturated heterocycles. The molecule has 0 atom stereocenters. The minimum atomic E-state index is -0.219. The molecule has 0 aliphatic heterocycles. The van der Waals surface area contributed by atoms with Crippen LogP contribution in [-0.4, -0.2) is 26.7 Å². The molecule has 2 aromatic rings. The van der Waals surface area contributed by atoms with Crippen LogP contribution in [0.2, 0.25) is 0 Å². The van der Waals surface area contributed by atoms with E-state index in [-0.39, 0.29) is 11.2 Å². The lowest BCUT2D eigenvalue weighted by molar-refractivity contribution is 0.414. The monoisotopic (exact) mass is 343 g/mol. The van der Waals surface area contributed by atoms with Crippen molar-refractivity contribution in [3.8, 4) is 5.75 Å². The Hall–Kier alpha value is -2.56. The van der Waals surface area contributed by atoms with Crippen LogP contribution in [0.15, 0.2) is 53.5 Å². The molecule has 2 N–H and O–H groups in total. The first-order valence-electron chi connectivity index (χ1n) is 8.28. The number of rotatable bonds is 6. The van der Waals surface area contributed by atoms with Crippen molar-refractivity contribution in [1.29, 1.82) is 0 Å². The van der Waals surface area contributed by atoms with Crippen molar-refractivity contribution in [2.45, 2.75) is 25.8 Å². The zero-order chi connectivity index (χ0) is 18.3. The van der Waals surface area contributed by atoms with Crippen molar-refractivity contribution in [2.75, 3.05) is 20.7 Å². The summed E-state index contributed by atoms with van der Waals surface area (Å²) in [6.45, 7) is 5.55. The normalized spacial score (nSPS) is 12.0. The van der Waals surface area contributed by atoms with Crippen LogP contribution >= 0.6 is 0 Å². The average molecular weight is 343 g/mol. The van der Waals surface area contributed by atoms with E-state index < -0.39 is 0 Å². The van der Waals surface area contributed by atoms with Gasteiger partial charge in [-0.2, -0.15) is 0 Å². The lowest BCUT2D eigenvalue weighted by Gasteiger charge is -2.26. The smallest absolute Gasteiger partial charge is 0.191 e. The molecule has 0 fully saturated rings. The van der Waals surface area contributed by atoms with Crippen LogP contribution in [0.4, 0.5) is 4.39 Å². The van der Waals surface area contributed by atoms with Gasteiger partial charge in [-0.25, -0.2) is 4.39 Å². The standard InChI is InChI=1S/C20H26FN3O/c1-20(2,16-8-10-17(21)11-9-16)14-24-19(22-3)23-13-15-6-5-7-18(12-15)25-4/h5-12H,13-14H2,1-4H3,(H2,22,23,24). The Kier molecular flexibility index (Phi) is 6.39. The Morgan fingerprint density at radius 2 is 1.84 bits per heavy atom. The van der Waals surface area contributed by atoms with Crippen LogP contribution in [0, 0.1) is 5.82 Å². The fraction of sp³-hybridized carbons (Fsp3) is 0.350. The molecule has 25 heavy (non-hydrogen) atoms. The first-order valence-corrected chi connectivity index (χ1v) is 8.28. The SMILES string of the molecule is CN=C(NCc1cccc(OC)c1)NCC(C)(C)c1ccc(F)cc1. The largest absolute Gasteiger partial charge is 0.497 e. The molecule has 0 unspecified atom stereocenters. The highest BCUT2D eigenvalue weighted by Crippen LogP contribution is 2.22. The fourth-order valence-electron chi connectivity index (χ4n) is 2.50. The molecule has 0 aliphatic carbocycles. The fourth-order valence-corrected chi connectivity index (χ4v) is 2.50. The molecule has 0 aliphatic rings. The highest BCUT2D eigenvalue weighted by Gasteiger charge is 2.20. The number of guanidine groups is 1. The van der Waals surface area contributed by atoms with E-state index in [0.29, 0.717) is 13.1 Å². The van der Waals surface area contributed by atoms with E-state index in [2.05, 4.69) is 29.5 Å². The summed E-state index contributed by atoms with van der Waals surface area (Å²) in [5.74, 6) is 1.33. The van der Waals surface area contributed by atoms with Crippen molar-refractivity contribution >= 4 is 5.96 Å². The Balaban J connectivity index is 1.92. The van der Waals surface area contributed by atoms with Crippen molar-refractivity contribution in [3.63, 3.8) is 0 Å². The van der Waals surface area contributed by atoms with E-state index in [1.54, 1.807) is 14.2 Å². The lowest BCUT2D eigenvalue weighted by atomic mass is 9.84. The van der Waals surface area contributed by atoms with Crippen LogP contribution in [0.1, 0.15) is 25.0 Å². The van der Waals surface area contributed by atoms with Gasteiger partial charge in [-0.1, -0.05) is 38.1 Å². The Bertz CT molecular complexity index is 711. The zero-order valence-electron chi connectivity index (χ0n) is 15.3. The van der Waals surface area contributed by atoms with E-state index in [0.717, 1.165) is 22.8 Å². The number of nitrogens with one attached hydrogen (secondary N) is 2. The number of benzene rings is 2. The van der Waals surface area contributed by atoms with E-state index in [1.807, 2.05) is 36.4 Å². The molecule has 4 nitrogen and oxygen atoms in total. The topological polar surface area (TPSA) is 45.7 Å². The summed E-state index contributed by atoms with van der Waals surface area (Å²) >= 11 is 0. The minimum absolute atomic E-state index is 0.152. The van der Waals surface area contributed by atoms with Gasteiger partial charge >= 0.3 is 0 Å². The minimum Gasteiger partial charge on any atom is -0.497 e. The summed E-state index contributed by atoms with van der Waals surface area (Å²) in [4.78, 5) is 4.26. The van der Waals surface area contributed by atoms with Crippen molar-refractivity contribution < 1.29 is 9.13 Å². The molecule has 0 radical (unpaired) electrons. The molecule has 0 amide bonds. The average Bonchev–Trinajstić information content (AvgIpc) is 2.62. The number of halogens is 1. The number of hydrogen-bond donors (Lipinski definition) is 2. The summed E-state index contributed by atoms with van der Waals surface area (Å²) < 4.78 is 18.3. The summed E-state index contributed by atoms with van der Waals surface area (Å²) in [5, 5.41) is 6.63. The van der Waals surface area contributed by atoms with Crippen LogP contribution in [0.25, 0.3) is 0 Å². The van der Waals surface area contributed by atoms with Gasteiger partial charge in [0.25, 0.3) is 0 Å². The quantitative estimate of drug-likeness (QED) is 0.623. The molecular weight excluding hydrogens is 317 g/mol. The molecule has 2 rings (SSSR count). The third-order valence-corrected chi connectivity index (χ3v) is 4.14. The highest BCUT2D eigenvalue weighted by molar-refractivity contribution is 5.79. The van der Waals surface area contributed by atoms with Crippen LogP contribution in [-0.2, 0) is 12.0 Å². The van der Waals surface area contributed by atoms with Gasteiger partial charge in [0.2, 0.25) is 0 Å². The second-order valence-corrected chi connectivity index (χ2v) is 6.52. The van der Waals surface area contributed by atoms with Crippen LogP contribution in [0.3, 0.4) is 0 Å². The van der Waals surface area contributed by atoms with Crippen molar-refractivity contribution in [1.82, 2.24) is 10.6 Å². The second-order valence-electron chi connectivity index (χ2n) is 6.52. The number of hydrogen-bond acceptors (Lipinski definition) is 2. The van der Waals surface area contributed by atoms with Gasteiger partial charge in [-0.15, -0.1) is 0 Å². The zero-order valence-corrected chi connectivity index (χ0v) is 15.3. The molecule has 134 valence electrons. The predicted molar refractivity (Wildman–Crippen MR) is 101 cm³/mol. The number of ether oxygens (including phenoxy) is 1. The van der Waals surface area contributed by atoms with Crippen molar-refractivity contribution in [3.05, 3.63) is 65.5 Å².